The Morgan fingerprint density at radius 2 is 2.09 bits per heavy atom. The summed E-state index contributed by atoms with van der Waals surface area (Å²) in [7, 11) is -3.71. The largest absolute Gasteiger partial charge is 0.460 e. The molecule has 0 bridgehead atoms. The molecule has 1 aliphatic rings. The van der Waals surface area contributed by atoms with Crippen LogP contribution in [0, 0.1) is 17.2 Å². The van der Waals surface area contributed by atoms with Crippen molar-refractivity contribution in [1.29, 1.82) is 5.26 Å². The van der Waals surface area contributed by atoms with Gasteiger partial charge in [-0.3, -0.25) is 4.79 Å². The van der Waals surface area contributed by atoms with Crippen LogP contribution in [0.4, 0.5) is 0 Å². The van der Waals surface area contributed by atoms with Gasteiger partial charge < -0.3 is 4.74 Å². The van der Waals surface area contributed by atoms with Crippen molar-refractivity contribution < 1.29 is 17.9 Å². The second-order valence-corrected chi connectivity index (χ2v) is 8.46. The maximum absolute atomic E-state index is 12.6. The molecule has 23 heavy (non-hydrogen) atoms. The van der Waals surface area contributed by atoms with Crippen LogP contribution in [0.15, 0.2) is 29.2 Å². The third-order valence-corrected chi connectivity index (χ3v) is 5.35. The van der Waals surface area contributed by atoms with Gasteiger partial charge in [0.25, 0.3) is 0 Å². The Labute approximate surface area is 136 Å². The highest BCUT2D eigenvalue weighted by molar-refractivity contribution is 7.89. The molecule has 0 aliphatic carbocycles. The predicted molar refractivity (Wildman–Crippen MR) is 83.9 cm³/mol. The van der Waals surface area contributed by atoms with Crippen molar-refractivity contribution in [1.82, 2.24) is 4.31 Å². The van der Waals surface area contributed by atoms with E-state index in [4.69, 9.17) is 10.00 Å². The quantitative estimate of drug-likeness (QED) is 0.787. The van der Waals surface area contributed by atoms with Gasteiger partial charge in [0.2, 0.25) is 10.0 Å². The van der Waals surface area contributed by atoms with Crippen molar-refractivity contribution in [3.63, 3.8) is 0 Å². The van der Waals surface area contributed by atoms with Crippen LogP contribution in [-0.4, -0.2) is 37.4 Å². The molecular weight excluding hydrogens is 316 g/mol. The number of carbonyl (C=O) groups excluding carboxylic acids is 1. The van der Waals surface area contributed by atoms with Crippen LogP contribution in [0.1, 0.15) is 32.8 Å². The first-order chi connectivity index (χ1) is 10.6. The summed E-state index contributed by atoms with van der Waals surface area (Å²) in [5.41, 5.74) is -0.307. The van der Waals surface area contributed by atoms with Crippen molar-refractivity contribution in [3.8, 4) is 6.07 Å². The normalized spacial score (nSPS) is 19.3. The molecule has 1 aromatic carbocycles. The molecule has 0 amide bonds. The van der Waals surface area contributed by atoms with E-state index in [9.17, 15) is 13.2 Å². The lowest BCUT2D eigenvalue weighted by Gasteiger charge is -2.22. The molecule has 7 heteroatoms. The van der Waals surface area contributed by atoms with Crippen LogP contribution in [0.25, 0.3) is 0 Å². The van der Waals surface area contributed by atoms with E-state index in [1.165, 1.54) is 22.5 Å². The van der Waals surface area contributed by atoms with Crippen molar-refractivity contribution in [2.45, 2.75) is 37.7 Å². The second kappa shape index (κ2) is 6.30. The summed E-state index contributed by atoms with van der Waals surface area (Å²) in [6.45, 7) is 5.71. The summed E-state index contributed by atoms with van der Waals surface area (Å²) < 4.78 is 31.8. The van der Waals surface area contributed by atoms with Gasteiger partial charge in [-0.25, -0.2) is 8.42 Å². The van der Waals surface area contributed by atoms with Gasteiger partial charge in [-0.15, -0.1) is 0 Å². The fourth-order valence-electron chi connectivity index (χ4n) is 2.40. The molecule has 0 aromatic heterocycles. The number of nitriles is 1. The highest BCUT2D eigenvalue weighted by Crippen LogP contribution is 2.26. The summed E-state index contributed by atoms with van der Waals surface area (Å²) in [5.74, 6) is -0.830. The minimum absolute atomic E-state index is 0.0707. The van der Waals surface area contributed by atoms with E-state index in [-0.39, 0.29) is 29.5 Å². The minimum Gasteiger partial charge on any atom is -0.460 e. The highest BCUT2D eigenvalue weighted by Gasteiger charge is 2.37. The molecule has 1 fully saturated rings. The van der Waals surface area contributed by atoms with Gasteiger partial charge in [0.1, 0.15) is 5.60 Å². The van der Waals surface area contributed by atoms with Gasteiger partial charge in [-0.05, 0) is 45.4 Å². The number of rotatable bonds is 3. The summed E-state index contributed by atoms with van der Waals surface area (Å²) in [5, 5.41) is 8.90. The first-order valence-corrected chi connectivity index (χ1v) is 8.81. The lowest BCUT2D eigenvalue weighted by atomic mass is 10.1. The van der Waals surface area contributed by atoms with E-state index < -0.39 is 21.5 Å². The smallest absolute Gasteiger partial charge is 0.310 e. The van der Waals surface area contributed by atoms with E-state index in [0.29, 0.717) is 6.42 Å². The summed E-state index contributed by atoms with van der Waals surface area (Å²) in [6.07, 6.45) is 0.437. The molecule has 1 atom stereocenters. The maximum Gasteiger partial charge on any atom is 0.310 e. The van der Waals surface area contributed by atoms with E-state index >= 15 is 0 Å². The molecule has 1 saturated heterocycles. The number of hydrogen-bond donors (Lipinski definition) is 0. The van der Waals surface area contributed by atoms with Crippen LogP contribution in [0.2, 0.25) is 0 Å². The zero-order valence-corrected chi connectivity index (χ0v) is 14.3. The third kappa shape index (κ3) is 4.09. The Hall–Kier alpha value is -1.91. The van der Waals surface area contributed by atoms with E-state index in [1.807, 2.05) is 6.07 Å². The third-order valence-electron chi connectivity index (χ3n) is 3.49. The SMILES string of the molecule is CC(C)(C)OC(=O)C1CCN(S(=O)(=O)c2cccc(C#N)c2)C1. The Bertz CT molecular complexity index is 744. The van der Waals surface area contributed by atoms with Gasteiger partial charge in [0.05, 0.1) is 22.4 Å². The molecule has 1 unspecified atom stereocenters. The fraction of sp³-hybridized carbons (Fsp3) is 0.500. The lowest BCUT2D eigenvalue weighted by Crippen LogP contribution is -2.33. The highest BCUT2D eigenvalue weighted by atomic mass is 32.2. The molecule has 2 rings (SSSR count). The van der Waals surface area contributed by atoms with Gasteiger partial charge in [0.15, 0.2) is 0 Å². The van der Waals surface area contributed by atoms with Crippen LogP contribution in [0.3, 0.4) is 0 Å². The average molecular weight is 336 g/mol. The molecule has 124 valence electrons. The molecular formula is C16H20N2O4S. The molecule has 1 heterocycles. The molecule has 1 aromatic rings. The maximum atomic E-state index is 12.6. The summed E-state index contributed by atoms with van der Waals surface area (Å²) in [4.78, 5) is 12.2. The first-order valence-electron chi connectivity index (χ1n) is 7.37. The molecule has 0 radical (unpaired) electrons. The zero-order valence-electron chi connectivity index (χ0n) is 13.4. The summed E-state index contributed by atoms with van der Waals surface area (Å²) in [6, 6.07) is 7.81. The van der Waals surface area contributed by atoms with Crippen molar-refractivity contribution in [2.24, 2.45) is 5.92 Å². The van der Waals surface area contributed by atoms with Gasteiger partial charge in [0, 0.05) is 13.1 Å². The number of sulfonamides is 1. The zero-order chi connectivity index (χ0) is 17.3. The molecule has 6 nitrogen and oxygen atoms in total. The van der Waals surface area contributed by atoms with Crippen molar-refractivity contribution in [2.75, 3.05) is 13.1 Å². The van der Waals surface area contributed by atoms with Crippen LogP contribution >= 0.6 is 0 Å². The van der Waals surface area contributed by atoms with Gasteiger partial charge >= 0.3 is 5.97 Å². The molecule has 0 saturated carbocycles. The fourth-order valence-corrected chi connectivity index (χ4v) is 3.95. The Balaban J connectivity index is 2.14. The van der Waals surface area contributed by atoms with Gasteiger partial charge in [-0.2, -0.15) is 9.57 Å². The Morgan fingerprint density at radius 1 is 1.39 bits per heavy atom. The monoisotopic (exact) mass is 336 g/mol. The lowest BCUT2D eigenvalue weighted by molar-refractivity contribution is -0.159. The van der Waals surface area contributed by atoms with E-state index in [2.05, 4.69) is 0 Å². The number of ether oxygens (including phenoxy) is 1. The first kappa shape index (κ1) is 17.4. The minimum atomic E-state index is -3.71. The van der Waals surface area contributed by atoms with E-state index in [0.717, 1.165) is 0 Å². The van der Waals surface area contributed by atoms with Crippen molar-refractivity contribution in [3.05, 3.63) is 29.8 Å². The number of benzene rings is 1. The number of esters is 1. The van der Waals surface area contributed by atoms with Crippen LogP contribution < -0.4 is 0 Å². The van der Waals surface area contributed by atoms with Gasteiger partial charge in [-0.1, -0.05) is 6.07 Å². The van der Waals surface area contributed by atoms with Crippen LogP contribution in [-0.2, 0) is 19.6 Å². The topological polar surface area (TPSA) is 87.5 Å². The predicted octanol–water partition coefficient (Wildman–Crippen LogP) is 1.91. The molecule has 1 aliphatic heterocycles. The standard InChI is InChI=1S/C16H20N2O4S/c1-16(2,3)22-15(19)13-7-8-18(11-13)23(20,21)14-6-4-5-12(9-14)10-17/h4-6,9,13H,7-8,11H2,1-3H3. The Kier molecular flexibility index (Phi) is 4.78. The second-order valence-electron chi connectivity index (χ2n) is 6.52. The Morgan fingerprint density at radius 3 is 2.70 bits per heavy atom. The van der Waals surface area contributed by atoms with Crippen molar-refractivity contribution >= 4 is 16.0 Å². The summed E-state index contributed by atoms with van der Waals surface area (Å²) >= 11 is 0. The number of nitrogens with zero attached hydrogens (tertiary/aromatic N) is 2. The van der Waals surface area contributed by atoms with Crippen LogP contribution in [0.5, 0.6) is 0 Å². The average Bonchev–Trinajstić information content (AvgIpc) is 2.96. The number of hydrogen-bond acceptors (Lipinski definition) is 5. The number of carbonyl (C=O) groups is 1. The molecule has 0 spiro atoms. The molecule has 0 N–H and O–H groups in total. The van der Waals surface area contributed by atoms with E-state index in [1.54, 1.807) is 26.8 Å².